The fourth-order valence-corrected chi connectivity index (χ4v) is 4.03. The number of hydrogen-bond donors (Lipinski definition) is 1. The van der Waals surface area contributed by atoms with E-state index in [1.165, 1.54) is 16.8 Å². The first-order chi connectivity index (χ1) is 13.9. The Kier molecular flexibility index (Phi) is 5.07. The third-order valence-corrected chi connectivity index (χ3v) is 6.29. The molecule has 1 aliphatic carbocycles. The van der Waals surface area contributed by atoms with Crippen LogP contribution in [-0.2, 0) is 9.59 Å². The quantitative estimate of drug-likeness (QED) is 0.809. The molecule has 1 heterocycles. The van der Waals surface area contributed by atoms with Crippen molar-refractivity contribution >= 4 is 23.2 Å². The van der Waals surface area contributed by atoms with E-state index < -0.39 is 5.41 Å². The predicted octanol–water partition coefficient (Wildman–Crippen LogP) is 3.68. The van der Waals surface area contributed by atoms with Crippen LogP contribution in [0.15, 0.2) is 42.5 Å². The maximum atomic E-state index is 13.2. The van der Waals surface area contributed by atoms with Crippen molar-refractivity contribution in [3.63, 3.8) is 0 Å². The van der Waals surface area contributed by atoms with Crippen LogP contribution in [0.3, 0.4) is 0 Å². The van der Waals surface area contributed by atoms with Crippen LogP contribution in [0.4, 0.5) is 11.4 Å². The van der Waals surface area contributed by atoms with Crippen molar-refractivity contribution in [3.8, 4) is 0 Å². The van der Waals surface area contributed by atoms with Gasteiger partial charge in [-0.25, -0.2) is 0 Å². The lowest BCUT2D eigenvalue weighted by molar-refractivity contribution is -0.142. The van der Waals surface area contributed by atoms with E-state index in [0.717, 1.165) is 24.3 Å². The van der Waals surface area contributed by atoms with Crippen molar-refractivity contribution in [3.05, 3.63) is 59.2 Å². The summed E-state index contributed by atoms with van der Waals surface area (Å²) in [5, 5.41) is 2.98. The standard InChI is InChI=1S/C24H29N3O2/c1-17-5-4-6-21(15-17)26-11-13-27(14-12-26)23(29)24(9-10-24)22(28)25-20-8-7-18(2)19(3)16-20/h4-8,15-16H,9-14H2,1-3H3,(H,25,28). The van der Waals surface area contributed by atoms with E-state index >= 15 is 0 Å². The van der Waals surface area contributed by atoms with E-state index in [-0.39, 0.29) is 11.8 Å². The van der Waals surface area contributed by atoms with Crippen LogP contribution in [0, 0.1) is 26.2 Å². The van der Waals surface area contributed by atoms with Crippen LogP contribution in [0.5, 0.6) is 0 Å². The van der Waals surface area contributed by atoms with Gasteiger partial charge in [-0.15, -0.1) is 0 Å². The largest absolute Gasteiger partial charge is 0.368 e. The molecule has 152 valence electrons. The third-order valence-electron chi connectivity index (χ3n) is 6.29. The fourth-order valence-electron chi connectivity index (χ4n) is 4.03. The highest BCUT2D eigenvalue weighted by Gasteiger charge is 2.58. The minimum atomic E-state index is -0.871. The lowest BCUT2D eigenvalue weighted by Crippen LogP contribution is -2.52. The van der Waals surface area contributed by atoms with Crippen LogP contribution in [0.25, 0.3) is 0 Å². The zero-order valence-electron chi connectivity index (χ0n) is 17.5. The Balaban J connectivity index is 1.39. The Hall–Kier alpha value is -2.82. The van der Waals surface area contributed by atoms with E-state index in [1.807, 2.05) is 36.9 Å². The molecule has 2 amide bonds. The lowest BCUT2D eigenvalue weighted by atomic mass is 10.0. The molecule has 1 N–H and O–H groups in total. The number of carbonyl (C=O) groups is 2. The predicted molar refractivity (Wildman–Crippen MR) is 116 cm³/mol. The van der Waals surface area contributed by atoms with Gasteiger partial charge in [-0.05, 0) is 74.6 Å². The van der Waals surface area contributed by atoms with Crippen LogP contribution < -0.4 is 10.2 Å². The molecule has 0 radical (unpaired) electrons. The van der Waals surface area contributed by atoms with Gasteiger partial charge in [-0.3, -0.25) is 9.59 Å². The van der Waals surface area contributed by atoms with Gasteiger partial charge in [0, 0.05) is 37.6 Å². The van der Waals surface area contributed by atoms with Crippen LogP contribution in [0.2, 0.25) is 0 Å². The molecular weight excluding hydrogens is 362 g/mol. The molecular formula is C24H29N3O2. The van der Waals surface area contributed by atoms with E-state index in [0.29, 0.717) is 25.9 Å². The first-order valence-corrected chi connectivity index (χ1v) is 10.4. The van der Waals surface area contributed by atoms with Gasteiger partial charge in [-0.2, -0.15) is 0 Å². The normalized spacial score (nSPS) is 17.8. The van der Waals surface area contributed by atoms with Crippen molar-refractivity contribution in [2.45, 2.75) is 33.6 Å². The molecule has 1 saturated heterocycles. The summed E-state index contributed by atoms with van der Waals surface area (Å²) in [5.74, 6) is -0.172. The summed E-state index contributed by atoms with van der Waals surface area (Å²) in [5.41, 5.74) is 4.65. The Morgan fingerprint density at radius 2 is 1.62 bits per heavy atom. The number of aryl methyl sites for hydroxylation is 3. The zero-order chi connectivity index (χ0) is 20.6. The number of amides is 2. The fraction of sp³-hybridized carbons (Fsp3) is 0.417. The smallest absolute Gasteiger partial charge is 0.240 e. The van der Waals surface area contributed by atoms with Crippen molar-refractivity contribution in [2.75, 3.05) is 36.4 Å². The number of carbonyl (C=O) groups excluding carboxylic acids is 2. The number of benzene rings is 2. The maximum absolute atomic E-state index is 13.2. The first-order valence-electron chi connectivity index (χ1n) is 10.4. The van der Waals surface area contributed by atoms with Gasteiger partial charge >= 0.3 is 0 Å². The monoisotopic (exact) mass is 391 g/mol. The third kappa shape index (κ3) is 3.86. The molecule has 0 spiro atoms. The summed E-state index contributed by atoms with van der Waals surface area (Å²) in [6.07, 6.45) is 1.28. The summed E-state index contributed by atoms with van der Waals surface area (Å²) in [6, 6.07) is 14.3. The van der Waals surface area contributed by atoms with Gasteiger partial charge in [0.15, 0.2) is 0 Å². The molecule has 29 heavy (non-hydrogen) atoms. The molecule has 5 nitrogen and oxygen atoms in total. The highest BCUT2D eigenvalue weighted by Crippen LogP contribution is 2.48. The Morgan fingerprint density at radius 3 is 2.24 bits per heavy atom. The summed E-state index contributed by atoms with van der Waals surface area (Å²) in [7, 11) is 0. The zero-order valence-corrected chi connectivity index (χ0v) is 17.5. The SMILES string of the molecule is Cc1cccc(N2CCN(C(=O)C3(C(=O)Nc4ccc(C)c(C)c4)CC3)CC2)c1. The summed E-state index contributed by atoms with van der Waals surface area (Å²) in [6.45, 7) is 9.07. The molecule has 2 fully saturated rings. The molecule has 5 heteroatoms. The molecule has 1 aliphatic heterocycles. The van der Waals surface area contributed by atoms with Gasteiger partial charge in [0.2, 0.25) is 11.8 Å². The number of nitrogens with zero attached hydrogens (tertiary/aromatic N) is 2. The second kappa shape index (κ2) is 7.54. The first kappa shape index (κ1) is 19.5. The highest BCUT2D eigenvalue weighted by atomic mass is 16.2. The van der Waals surface area contributed by atoms with E-state index in [4.69, 9.17) is 0 Å². The Morgan fingerprint density at radius 1 is 0.897 bits per heavy atom. The molecule has 0 unspecified atom stereocenters. The van der Waals surface area contributed by atoms with Crippen LogP contribution >= 0.6 is 0 Å². The summed E-state index contributed by atoms with van der Waals surface area (Å²) in [4.78, 5) is 30.3. The average Bonchev–Trinajstić information content (AvgIpc) is 3.52. The number of anilines is 2. The Labute approximate surface area is 172 Å². The molecule has 2 aromatic carbocycles. The maximum Gasteiger partial charge on any atom is 0.240 e. The molecule has 2 aromatic rings. The number of hydrogen-bond acceptors (Lipinski definition) is 3. The van der Waals surface area contributed by atoms with Gasteiger partial charge < -0.3 is 15.1 Å². The summed E-state index contributed by atoms with van der Waals surface area (Å²) < 4.78 is 0. The number of piperazine rings is 1. The van der Waals surface area contributed by atoms with Gasteiger partial charge in [0.05, 0.1) is 0 Å². The van der Waals surface area contributed by atoms with Gasteiger partial charge in [0.25, 0.3) is 0 Å². The molecule has 1 saturated carbocycles. The van der Waals surface area contributed by atoms with Crippen molar-refractivity contribution in [1.29, 1.82) is 0 Å². The average molecular weight is 392 g/mol. The molecule has 2 aliphatic rings. The number of rotatable bonds is 4. The van der Waals surface area contributed by atoms with Crippen LogP contribution in [0.1, 0.15) is 29.5 Å². The molecule has 0 atom stereocenters. The van der Waals surface area contributed by atoms with Crippen molar-refractivity contribution in [1.82, 2.24) is 4.90 Å². The van der Waals surface area contributed by atoms with E-state index in [9.17, 15) is 9.59 Å². The van der Waals surface area contributed by atoms with Gasteiger partial charge in [0.1, 0.15) is 5.41 Å². The Bertz CT molecular complexity index is 941. The lowest BCUT2D eigenvalue weighted by Gasteiger charge is -2.37. The summed E-state index contributed by atoms with van der Waals surface area (Å²) >= 11 is 0. The molecule has 0 bridgehead atoms. The van der Waals surface area contributed by atoms with Crippen LogP contribution in [-0.4, -0.2) is 42.9 Å². The minimum Gasteiger partial charge on any atom is -0.368 e. The van der Waals surface area contributed by atoms with Crippen molar-refractivity contribution < 1.29 is 9.59 Å². The second-order valence-corrected chi connectivity index (χ2v) is 8.45. The van der Waals surface area contributed by atoms with Gasteiger partial charge in [-0.1, -0.05) is 18.2 Å². The minimum absolute atomic E-state index is 0.0114. The second-order valence-electron chi connectivity index (χ2n) is 8.45. The van der Waals surface area contributed by atoms with E-state index in [1.54, 1.807) is 0 Å². The molecule has 0 aromatic heterocycles. The topological polar surface area (TPSA) is 52.7 Å². The van der Waals surface area contributed by atoms with E-state index in [2.05, 4.69) is 41.4 Å². The highest BCUT2D eigenvalue weighted by molar-refractivity contribution is 6.13. The van der Waals surface area contributed by atoms with Crippen molar-refractivity contribution in [2.24, 2.45) is 5.41 Å². The number of nitrogens with one attached hydrogen (secondary N) is 1. The molecule has 4 rings (SSSR count).